The number of ether oxygens (including phenoxy) is 1. The molecule has 1 unspecified atom stereocenters. The highest BCUT2D eigenvalue weighted by Crippen LogP contribution is 2.21. The van der Waals surface area contributed by atoms with Crippen LogP contribution in [0.1, 0.15) is 44.6 Å². The third-order valence-electron chi connectivity index (χ3n) is 1.91. The highest BCUT2D eigenvalue weighted by atomic mass is 32.2. The Morgan fingerprint density at radius 1 is 0.889 bits per heavy atom. The molecule has 0 fully saturated rings. The molecule has 0 aliphatic heterocycles. The Balaban J connectivity index is -0.000000133. The van der Waals surface area contributed by atoms with Crippen molar-refractivity contribution in [3.63, 3.8) is 0 Å². The topological polar surface area (TPSA) is 169 Å². The summed E-state index contributed by atoms with van der Waals surface area (Å²) < 4.78 is 4.83. The largest absolute Gasteiger partial charge is 0.455 e. The maximum atomic E-state index is 11.1. The van der Waals surface area contributed by atoms with Crippen LogP contribution in [0.2, 0.25) is 0 Å². The van der Waals surface area contributed by atoms with Crippen LogP contribution in [0.4, 0.5) is 0 Å². The van der Waals surface area contributed by atoms with Crippen molar-refractivity contribution in [3.8, 4) is 0 Å². The number of hydrogen-bond acceptors (Lipinski definition) is 9. The molecule has 9 N–H and O–H groups in total. The Bertz CT molecular complexity index is 353. The lowest BCUT2D eigenvalue weighted by Crippen LogP contribution is -2.33. The van der Waals surface area contributed by atoms with Gasteiger partial charge in [-0.05, 0) is 0 Å². The fourth-order valence-electron chi connectivity index (χ4n) is 0.989. The minimum Gasteiger partial charge on any atom is -0.455 e. The molecule has 0 saturated carbocycles. The predicted octanol–water partition coefficient (Wildman–Crippen LogP) is 2.22. The number of thioether (sulfide) groups is 3. The van der Waals surface area contributed by atoms with Crippen LogP contribution >= 0.6 is 35.3 Å². The Morgan fingerprint density at radius 2 is 1.33 bits per heavy atom. The summed E-state index contributed by atoms with van der Waals surface area (Å²) in [5.74, 6) is 11.6. The first kappa shape index (κ1) is 45.1. The Labute approximate surface area is 179 Å². The van der Waals surface area contributed by atoms with Gasteiger partial charge in [-0.1, -0.05) is 44.6 Å². The monoisotopic (exact) mass is 452 g/mol. The van der Waals surface area contributed by atoms with E-state index in [-0.39, 0.29) is 85.1 Å². The average Bonchev–Trinajstić information content (AvgIpc) is 2.47. The second-order valence-corrected chi connectivity index (χ2v) is 6.88. The number of hydrazine groups is 2. The third-order valence-corrected chi connectivity index (χ3v) is 5.59. The first-order valence-electron chi connectivity index (χ1n) is 5.72. The van der Waals surface area contributed by atoms with E-state index in [0.717, 1.165) is 0 Å². The van der Waals surface area contributed by atoms with Gasteiger partial charge in [-0.3, -0.25) is 25.8 Å². The van der Waals surface area contributed by atoms with Gasteiger partial charge in [0.15, 0.2) is 0 Å². The summed E-state index contributed by atoms with van der Waals surface area (Å²) in [6, 6.07) is -0.330. The molecule has 0 heterocycles. The van der Waals surface area contributed by atoms with Gasteiger partial charge in [-0.15, -0.1) is 23.5 Å². The molecule has 1 atom stereocenters. The molecule has 0 aromatic rings. The molecule has 0 aromatic carbocycles. The minimum atomic E-state index is -0.330. The lowest BCUT2D eigenvalue weighted by Gasteiger charge is -2.15. The zero-order valence-electron chi connectivity index (χ0n) is 11.3. The predicted molar refractivity (Wildman–Crippen MR) is 129 cm³/mol. The Kier molecular flexibility index (Phi) is 50.0. The molecule has 9 nitrogen and oxygen atoms in total. The molecule has 0 radical (unpaired) electrons. The number of carbonyl (C=O) groups excluding carboxylic acids is 2. The Morgan fingerprint density at radius 3 is 1.78 bits per heavy atom. The molecule has 12 heteroatoms. The van der Waals surface area contributed by atoms with Gasteiger partial charge in [0, 0.05) is 16.8 Å². The zero-order valence-corrected chi connectivity index (χ0v) is 13.7. The van der Waals surface area contributed by atoms with Gasteiger partial charge in [0.2, 0.25) is 11.8 Å². The van der Waals surface area contributed by atoms with Gasteiger partial charge in [0.1, 0.15) is 5.94 Å². The second kappa shape index (κ2) is 29.9. The van der Waals surface area contributed by atoms with Crippen LogP contribution in [0.3, 0.4) is 0 Å². The van der Waals surface area contributed by atoms with Crippen molar-refractivity contribution in [1.82, 2.24) is 10.9 Å². The van der Waals surface area contributed by atoms with Crippen molar-refractivity contribution in [2.24, 2.45) is 17.4 Å². The van der Waals surface area contributed by atoms with E-state index in [1.165, 1.54) is 35.3 Å². The smallest absolute Gasteiger partial charge is 0.279 e. The summed E-state index contributed by atoms with van der Waals surface area (Å²) in [5, 5.41) is 7.05. The van der Waals surface area contributed by atoms with Crippen LogP contribution in [0.15, 0.2) is 0 Å². The minimum absolute atomic E-state index is 0. The van der Waals surface area contributed by atoms with Crippen LogP contribution in [-0.2, 0) is 14.3 Å². The average molecular weight is 453 g/mol. The molecule has 0 bridgehead atoms. The molecule has 0 aliphatic rings. The maximum Gasteiger partial charge on any atom is 0.279 e. The summed E-state index contributed by atoms with van der Waals surface area (Å²) >= 11 is 4.30. The van der Waals surface area contributed by atoms with Gasteiger partial charge in [-0.25, -0.2) is 11.7 Å². The number of carbonyl (C=O) groups is 2. The first-order valence-corrected chi connectivity index (χ1v) is 9.08. The molecule has 0 aliphatic carbocycles. The lowest BCUT2D eigenvalue weighted by atomic mass is 10.5. The summed E-state index contributed by atoms with van der Waals surface area (Å²) in [4.78, 5) is 22.2. The zero-order chi connectivity index (χ0) is 16.1. The fourth-order valence-corrected chi connectivity index (χ4v) is 4.41. The molecule has 0 aromatic heterocycles. The van der Waals surface area contributed by atoms with Crippen molar-refractivity contribution in [2.45, 2.75) is 49.8 Å². The lowest BCUT2D eigenvalue weighted by molar-refractivity contribution is -0.119. The number of amides is 2. The quantitative estimate of drug-likeness (QED) is 0.0523. The van der Waals surface area contributed by atoms with Gasteiger partial charge in [-0.2, -0.15) is 11.8 Å². The van der Waals surface area contributed by atoms with Crippen molar-refractivity contribution in [1.29, 1.82) is 5.41 Å². The van der Waals surface area contributed by atoms with Crippen LogP contribution < -0.4 is 28.3 Å². The van der Waals surface area contributed by atoms with E-state index in [1.54, 1.807) is 0 Å². The first-order chi connectivity index (χ1) is 9.99. The van der Waals surface area contributed by atoms with Crippen LogP contribution in [-0.4, -0.2) is 52.0 Å². The van der Waals surface area contributed by atoms with Crippen molar-refractivity contribution in [3.05, 3.63) is 0 Å². The third kappa shape index (κ3) is 30.2. The highest BCUT2D eigenvalue weighted by Gasteiger charge is 2.13. The SMILES string of the molecule is C.C.C.C.C.C.N=C(N)OCSCC(CSCC(=O)NN)SCC(=O)NN. The number of nitrogens with one attached hydrogen (secondary N) is 3. The van der Waals surface area contributed by atoms with Crippen molar-refractivity contribution in [2.75, 3.05) is 29.0 Å². The maximum absolute atomic E-state index is 11.1. The van der Waals surface area contributed by atoms with Gasteiger partial charge >= 0.3 is 0 Å². The highest BCUT2D eigenvalue weighted by molar-refractivity contribution is 8.05. The van der Waals surface area contributed by atoms with E-state index < -0.39 is 0 Å². The van der Waals surface area contributed by atoms with E-state index in [9.17, 15) is 9.59 Å². The standard InChI is InChI=1S/C9H20N6O3S3.6CH4/c10-9(11)18-5-20-2-6(21-4-8(17)15-13)1-19-3-7(16)14-12;;;;;;/h6H,1-5,12-13H2,(H3,10,11)(H,14,16)(H,15,17);6*1H4. The molecule has 170 valence electrons. The van der Waals surface area contributed by atoms with Gasteiger partial charge in [0.25, 0.3) is 6.02 Å². The second-order valence-electron chi connectivity index (χ2n) is 3.58. The summed E-state index contributed by atoms with van der Waals surface area (Å²) in [6.45, 7) is 0. The van der Waals surface area contributed by atoms with Crippen molar-refractivity contribution >= 4 is 53.1 Å². The molecule has 0 spiro atoms. The fraction of sp³-hybridized carbons (Fsp3) is 0.800. The van der Waals surface area contributed by atoms with Gasteiger partial charge in [0.05, 0.1) is 11.5 Å². The Hall–Kier alpha value is -0.820. The molecule has 0 saturated heterocycles. The van der Waals surface area contributed by atoms with Crippen LogP contribution in [0, 0.1) is 5.41 Å². The summed E-state index contributed by atoms with van der Waals surface area (Å²) in [6.07, 6.45) is 0. The molecule has 0 rings (SSSR count). The van der Waals surface area contributed by atoms with E-state index in [2.05, 4.69) is 10.9 Å². The van der Waals surface area contributed by atoms with Crippen molar-refractivity contribution < 1.29 is 14.3 Å². The summed E-state index contributed by atoms with van der Waals surface area (Å²) in [5.41, 5.74) is 9.19. The summed E-state index contributed by atoms with van der Waals surface area (Å²) in [7, 11) is 0. The van der Waals surface area contributed by atoms with Crippen LogP contribution in [0.25, 0.3) is 0 Å². The number of amidine groups is 1. The number of hydrogen-bond donors (Lipinski definition) is 6. The van der Waals surface area contributed by atoms with E-state index in [0.29, 0.717) is 11.5 Å². The number of rotatable bonds is 11. The number of nitrogens with two attached hydrogens (primary N) is 3. The van der Waals surface area contributed by atoms with E-state index in [1.807, 2.05) is 0 Å². The molecule has 2 amide bonds. The molecular formula is C15H44N6O3S3. The molecule has 27 heavy (non-hydrogen) atoms. The van der Waals surface area contributed by atoms with Crippen LogP contribution in [0.5, 0.6) is 0 Å². The van der Waals surface area contributed by atoms with Gasteiger partial charge < -0.3 is 10.5 Å². The molecular weight excluding hydrogens is 408 g/mol. The van der Waals surface area contributed by atoms with E-state index >= 15 is 0 Å². The van der Waals surface area contributed by atoms with E-state index in [4.69, 9.17) is 27.6 Å². The normalized spacial score (nSPS) is 8.96.